The average Bonchev–Trinajstić information content (AvgIpc) is 3.68. The number of hydrogen-bond donors (Lipinski definition) is 2. The number of anilines is 2. The maximum Gasteiger partial charge on any atom is 0.312 e. The first kappa shape index (κ1) is 31.9. The number of carbonyl (C=O) groups excluding carboxylic acids is 1. The summed E-state index contributed by atoms with van der Waals surface area (Å²) in [6.07, 6.45) is 2.59. The summed E-state index contributed by atoms with van der Waals surface area (Å²) < 4.78 is 30.4. The zero-order valence-electron chi connectivity index (χ0n) is 26.5. The van der Waals surface area contributed by atoms with E-state index in [2.05, 4.69) is 59.6 Å². The van der Waals surface area contributed by atoms with Crippen molar-refractivity contribution in [3.8, 4) is 0 Å². The van der Waals surface area contributed by atoms with E-state index >= 15 is 0 Å². The molecule has 0 saturated heterocycles. The zero-order chi connectivity index (χ0) is 33.6. The Labute approximate surface area is 274 Å². The number of benzene rings is 3. The molecule has 0 radical (unpaired) electrons. The van der Waals surface area contributed by atoms with Gasteiger partial charge < -0.3 is 19.8 Å². The second-order valence-electron chi connectivity index (χ2n) is 11.0. The predicted octanol–water partition coefficient (Wildman–Crippen LogP) is 6.02. The zero-order valence-corrected chi connectivity index (χ0v) is 26.5. The molecule has 0 aliphatic rings. The normalized spacial score (nSPS) is 10.9. The van der Waals surface area contributed by atoms with Gasteiger partial charge in [0.1, 0.15) is 0 Å². The number of ketones is 1. The van der Waals surface area contributed by atoms with Gasteiger partial charge in [-0.05, 0) is 23.1 Å². The summed E-state index contributed by atoms with van der Waals surface area (Å²) >= 11 is 0. The van der Waals surface area contributed by atoms with Gasteiger partial charge in [-0.2, -0.15) is 28.7 Å². The van der Waals surface area contributed by atoms with Crippen molar-refractivity contribution in [1.29, 1.82) is 0 Å². The second-order valence-corrected chi connectivity index (χ2v) is 11.0. The number of carbonyl (C=O) groups is 1. The lowest BCUT2D eigenvalue weighted by molar-refractivity contribution is 0.103. The first-order valence-electron chi connectivity index (χ1n) is 15.2. The van der Waals surface area contributed by atoms with Crippen LogP contribution in [0.3, 0.4) is 0 Å². The third-order valence-electron chi connectivity index (χ3n) is 7.64. The number of aromatic nitrogens is 8. The molecule has 3 aromatic carbocycles. The van der Waals surface area contributed by atoms with Gasteiger partial charge >= 0.3 is 12.2 Å². The van der Waals surface area contributed by atoms with E-state index in [0.717, 1.165) is 17.5 Å². The van der Waals surface area contributed by atoms with Crippen LogP contribution < -0.4 is 10.6 Å². The number of hydrogen-bond acceptors (Lipinski definition) is 9. The molecule has 13 heteroatoms. The van der Waals surface area contributed by atoms with Crippen LogP contribution in [-0.4, -0.2) is 44.8 Å². The highest BCUT2D eigenvalue weighted by Gasteiger charge is 2.13. The van der Waals surface area contributed by atoms with Gasteiger partial charge in [-0.15, -0.1) is 0 Å². The summed E-state index contributed by atoms with van der Waals surface area (Å²) in [7, 11) is 3.52. The van der Waals surface area contributed by atoms with Crippen LogP contribution in [0.25, 0.3) is 22.3 Å². The van der Waals surface area contributed by atoms with Crippen LogP contribution in [0, 0.1) is 12.2 Å². The Morgan fingerprint density at radius 1 is 0.646 bits per heavy atom. The van der Waals surface area contributed by atoms with Gasteiger partial charge in [0.2, 0.25) is 0 Å². The van der Waals surface area contributed by atoms with Crippen LogP contribution in [0.15, 0.2) is 91.5 Å². The van der Waals surface area contributed by atoms with Gasteiger partial charge in [0.15, 0.2) is 39.7 Å². The van der Waals surface area contributed by atoms with Crippen molar-refractivity contribution >= 4 is 39.7 Å². The van der Waals surface area contributed by atoms with Crippen LogP contribution >= 0.6 is 0 Å². The van der Waals surface area contributed by atoms with Crippen molar-refractivity contribution in [2.24, 2.45) is 14.1 Å². The van der Waals surface area contributed by atoms with E-state index in [9.17, 15) is 13.6 Å². The molecule has 0 unspecified atom stereocenters. The highest BCUT2D eigenvalue weighted by molar-refractivity contribution is 6.08. The Morgan fingerprint density at radius 2 is 1.17 bits per heavy atom. The van der Waals surface area contributed by atoms with E-state index in [1.807, 2.05) is 42.5 Å². The minimum absolute atomic E-state index is 0.0248. The van der Waals surface area contributed by atoms with Gasteiger partial charge in [0.25, 0.3) is 0 Å². The van der Waals surface area contributed by atoms with Gasteiger partial charge in [-0.3, -0.25) is 4.79 Å². The number of aryl methyl sites for hydroxylation is 3. The minimum atomic E-state index is -0.808. The molecule has 0 bridgehead atoms. The molecular formula is C35H32F2N10O. The molecule has 4 heterocycles. The maximum atomic E-state index is 13.6. The van der Waals surface area contributed by atoms with Crippen LogP contribution in [0.1, 0.15) is 39.5 Å². The lowest BCUT2D eigenvalue weighted by Gasteiger charge is -2.07. The fourth-order valence-electron chi connectivity index (χ4n) is 5.07. The number of halogens is 2. The summed E-state index contributed by atoms with van der Waals surface area (Å²) in [5.74, 6) is 0.728. The standard InChI is InChI=1S/C20H16FN5O.C15H16FN5/c1-26-12-23-16-18(24-20(21)25-19(16)26)22-11-13-7-9-15(10-8-13)17(27)14-5-3-2-4-6-14;1-3-10-5-4-6-11(7-10)8-17-13-12-14(20-15(16)19-13)21(2)9-18-12/h2-10,12H,11H2,1H3,(H,22,24,25);4-7,9H,3,8H2,1-2H3,(H,17,19,20). The fraction of sp³-hybridized carbons (Fsp3) is 0.171. The molecule has 48 heavy (non-hydrogen) atoms. The van der Waals surface area contributed by atoms with E-state index in [1.54, 1.807) is 60.1 Å². The molecule has 2 N–H and O–H groups in total. The smallest absolute Gasteiger partial charge is 0.312 e. The Kier molecular flexibility index (Phi) is 9.37. The Bertz CT molecular complexity index is 2200. The Balaban J connectivity index is 0.000000173. The third kappa shape index (κ3) is 7.15. The SMILES string of the molecule is CCc1cccc(CNc2nc(F)nc3c2ncn3C)c1.Cn1cnc2c(NCc3ccc(C(=O)c4ccccc4)cc3)nc(F)nc21. The fourth-order valence-corrected chi connectivity index (χ4v) is 5.07. The van der Waals surface area contributed by atoms with Crippen molar-refractivity contribution < 1.29 is 13.6 Å². The minimum Gasteiger partial charge on any atom is -0.364 e. The molecule has 0 aliphatic carbocycles. The summed E-state index contributed by atoms with van der Waals surface area (Å²) in [5.41, 5.74) is 6.58. The van der Waals surface area contributed by atoms with Crippen molar-refractivity contribution in [2.45, 2.75) is 26.4 Å². The summed E-state index contributed by atoms with van der Waals surface area (Å²) in [5, 5.41) is 6.23. The first-order chi connectivity index (χ1) is 23.3. The van der Waals surface area contributed by atoms with Crippen molar-refractivity contribution in [3.63, 3.8) is 0 Å². The van der Waals surface area contributed by atoms with Crippen LogP contribution in [0.5, 0.6) is 0 Å². The number of nitrogens with zero attached hydrogens (tertiary/aromatic N) is 8. The molecular weight excluding hydrogens is 614 g/mol. The highest BCUT2D eigenvalue weighted by Crippen LogP contribution is 2.20. The summed E-state index contributed by atoms with van der Waals surface area (Å²) in [4.78, 5) is 36.0. The number of rotatable bonds is 9. The largest absolute Gasteiger partial charge is 0.364 e. The summed E-state index contributed by atoms with van der Waals surface area (Å²) in [6, 6.07) is 24.7. The molecule has 11 nitrogen and oxygen atoms in total. The van der Waals surface area contributed by atoms with Crippen LogP contribution in [0.4, 0.5) is 20.4 Å². The van der Waals surface area contributed by atoms with E-state index < -0.39 is 12.2 Å². The van der Waals surface area contributed by atoms with E-state index in [-0.39, 0.29) is 5.78 Å². The Morgan fingerprint density at radius 3 is 1.73 bits per heavy atom. The van der Waals surface area contributed by atoms with Crippen LogP contribution in [-0.2, 0) is 33.6 Å². The van der Waals surface area contributed by atoms with Crippen molar-refractivity contribution in [2.75, 3.05) is 10.6 Å². The molecule has 0 atom stereocenters. The topological polar surface area (TPSA) is 128 Å². The third-order valence-corrected chi connectivity index (χ3v) is 7.64. The maximum absolute atomic E-state index is 13.6. The molecule has 0 spiro atoms. The second kappa shape index (κ2) is 14.1. The van der Waals surface area contributed by atoms with Crippen molar-refractivity contribution in [1.82, 2.24) is 39.0 Å². The van der Waals surface area contributed by atoms with Gasteiger partial charge in [-0.1, -0.05) is 85.8 Å². The number of nitrogens with one attached hydrogen (secondary N) is 2. The first-order valence-corrected chi connectivity index (χ1v) is 15.2. The molecule has 242 valence electrons. The van der Waals surface area contributed by atoms with Crippen LogP contribution in [0.2, 0.25) is 0 Å². The quantitative estimate of drug-likeness (QED) is 0.143. The number of imidazole rings is 2. The Hall–Kier alpha value is -6.11. The van der Waals surface area contributed by atoms with Gasteiger partial charge in [0, 0.05) is 38.3 Å². The van der Waals surface area contributed by atoms with Gasteiger partial charge in [-0.25, -0.2) is 9.97 Å². The predicted molar refractivity (Wildman–Crippen MR) is 179 cm³/mol. The average molecular weight is 647 g/mol. The molecule has 7 aromatic rings. The lowest BCUT2D eigenvalue weighted by Crippen LogP contribution is -2.06. The van der Waals surface area contributed by atoms with E-state index in [4.69, 9.17) is 0 Å². The molecule has 0 aliphatic heterocycles. The molecule has 7 rings (SSSR count). The van der Waals surface area contributed by atoms with E-state index in [1.165, 1.54) is 5.56 Å². The molecule has 0 saturated carbocycles. The van der Waals surface area contributed by atoms with Crippen molar-refractivity contribution in [3.05, 3.63) is 131 Å². The monoisotopic (exact) mass is 646 g/mol. The molecule has 0 fully saturated rings. The lowest BCUT2D eigenvalue weighted by atomic mass is 10.0. The number of fused-ring (bicyclic) bond motifs is 2. The molecule has 4 aromatic heterocycles. The molecule has 0 amide bonds. The summed E-state index contributed by atoms with van der Waals surface area (Å²) in [6.45, 7) is 3.10. The van der Waals surface area contributed by atoms with E-state index in [0.29, 0.717) is 58.2 Å². The highest BCUT2D eigenvalue weighted by atomic mass is 19.1. The van der Waals surface area contributed by atoms with Gasteiger partial charge in [0.05, 0.1) is 12.7 Å².